The summed E-state index contributed by atoms with van der Waals surface area (Å²) in [6.07, 6.45) is -6.08. The predicted molar refractivity (Wildman–Crippen MR) is 58.6 cm³/mol. The first kappa shape index (κ1) is 14.8. The van der Waals surface area contributed by atoms with Crippen LogP contribution < -0.4 is 5.32 Å². The lowest BCUT2D eigenvalue weighted by Gasteiger charge is -2.33. The molecular weight excluding hydrogens is 309 g/mol. The highest BCUT2D eigenvalue weighted by molar-refractivity contribution is 6.30. The van der Waals surface area contributed by atoms with E-state index in [1.165, 1.54) is 0 Å². The molecule has 1 fully saturated rings. The summed E-state index contributed by atoms with van der Waals surface area (Å²) in [5.74, 6) is -3.66. The molecule has 0 radical (unpaired) electrons. The number of cyclic esters (lactones) is 1. The maximum Gasteiger partial charge on any atom is 0.416 e. The first-order valence-electron chi connectivity index (χ1n) is 5.29. The van der Waals surface area contributed by atoms with E-state index in [1.807, 2.05) is 0 Å². The third kappa shape index (κ3) is 2.79. The summed E-state index contributed by atoms with van der Waals surface area (Å²) in [5, 5.41) is 1.45. The van der Waals surface area contributed by atoms with Crippen molar-refractivity contribution in [2.24, 2.45) is 0 Å². The van der Waals surface area contributed by atoms with Gasteiger partial charge in [0.15, 0.2) is 6.61 Å². The van der Waals surface area contributed by atoms with Gasteiger partial charge in [0.25, 0.3) is 0 Å². The Bertz CT molecular complexity index is 546. The van der Waals surface area contributed by atoms with Gasteiger partial charge in [-0.05, 0) is 17.7 Å². The van der Waals surface area contributed by atoms with Gasteiger partial charge in [-0.3, -0.25) is 0 Å². The quantitative estimate of drug-likeness (QED) is 0.801. The van der Waals surface area contributed by atoms with Crippen molar-refractivity contribution in [3.05, 3.63) is 34.3 Å². The molecule has 1 N–H and O–H groups in total. The van der Waals surface area contributed by atoms with Gasteiger partial charge >= 0.3 is 18.2 Å². The largest absolute Gasteiger partial charge is 0.443 e. The van der Waals surface area contributed by atoms with E-state index in [0.717, 1.165) is 12.1 Å². The van der Waals surface area contributed by atoms with E-state index in [9.17, 15) is 26.7 Å². The summed E-state index contributed by atoms with van der Waals surface area (Å²) < 4.78 is 70.1. The molecule has 1 heterocycles. The average molecular weight is 316 g/mol. The Hall–Kier alpha value is -1.57. The number of carbonyl (C=O) groups excluding carboxylic acids is 1. The van der Waals surface area contributed by atoms with Crippen molar-refractivity contribution in [2.45, 2.75) is 18.1 Å². The third-order valence-corrected chi connectivity index (χ3v) is 2.95. The maximum atomic E-state index is 13.7. The molecule has 1 atom stereocenters. The monoisotopic (exact) mass is 315 g/mol. The lowest BCUT2D eigenvalue weighted by atomic mass is 9.95. The van der Waals surface area contributed by atoms with Crippen LogP contribution >= 0.6 is 11.6 Å². The number of hydrogen-bond acceptors (Lipinski definition) is 2. The predicted octanol–water partition coefficient (Wildman–Crippen LogP) is 3.78. The van der Waals surface area contributed by atoms with Crippen LogP contribution in [-0.2, 0) is 10.9 Å². The fourth-order valence-corrected chi connectivity index (χ4v) is 2.01. The molecule has 1 aromatic carbocycles. The summed E-state index contributed by atoms with van der Waals surface area (Å²) >= 11 is 5.46. The molecule has 0 aliphatic carbocycles. The fraction of sp³-hybridized carbons (Fsp3) is 0.364. The van der Waals surface area contributed by atoms with Gasteiger partial charge in [0.05, 0.1) is 5.56 Å². The summed E-state index contributed by atoms with van der Waals surface area (Å²) in [5.41, 5.74) is -2.08. The van der Waals surface area contributed by atoms with Crippen LogP contribution in [0.5, 0.6) is 0 Å². The van der Waals surface area contributed by atoms with Gasteiger partial charge < -0.3 is 10.1 Å². The molecule has 0 aromatic heterocycles. The number of hydrogen-bond donors (Lipinski definition) is 1. The zero-order valence-corrected chi connectivity index (χ0v) is 10.4. The first-order chi connectivity index (χ1) is 9.11. The molecule has 1 aromatic rings. The van der Waals surface area contributed by atoms with Gasteiger partial charge in [-0.25, -0.2) is 13.6 Å². The lowest BCUT2D eigenvalue weighted by molar-refractivity contribution is -0.141. The van der Waals surface area contributed by atoms with E-state index >= 15 is 0 Å². The number of ether oxygens (including phenoxy) is 1. The minimum Gasteiger partial charge on any atom is -0.443 e. The SMILES string of the molecule is O=C1N[C@@H](c2ccc(Cl)cc2C(F)(F)F)C(F)(F)CO1. The minimum atomic E-state index is -4.88. The number of alkyl halides is 5. The Morgan fingerprint density at radius 1 is 1.35 bits per heavy atom. The van der Waals surface area contributed by atoms with Gasteiger partial charge in [-0.2, -0.15) is 13.2 Å². The molecule has 1 aliphatic heterocycles. The second-order valence-corrected chi connectivity index (χ2v) is 4.58. The number of carbonyl (C=O) groups is 1. The van der Waals surface area contributed by atoms with Crippen LogP contribution in [0.3, 0.4) is 0 Å². The number of alkyl carbamates (subject to hydrolysis) is 1. The van der Waals surface area contributed by atoms with Crippen molar-refractivity contribution in [3.63, 3.8) is 0 Å². The fourth-order valence-electron chi connectivity index (χ4n) is 1.84. The van der Waals surface area contributed by atoms with Crippen LogP contribution in [0.25, 0.3) is 0 Å². The van der Waals surface area contributed by atoms with E-state index in [4.69, 9.17) is 11.6 Å². The molecule has 0 bridgehead atoms. The average Bonchev–Trinajstić information content (AvgIpc) is 2.31. The molecular formula is C11H7ClF5NO2. The van der Waals surface area contributed by atoms with Gasteiger partial charge in [-0.1, -0.05) is 17.7 Å². The van der Waals surface area contributed by atoms with Gasteiger partial charge in [0.2, 0.25) is 0 Å². The molecule has 0 spiro atoms. The topological polar surface area (TPSA) is 38.3 Å². The highest BCUT2D eigenvalue weighted by atomic mass is 35.5. The van der Waals surface area contributed by atoms with E-state index in [-0.39, 0.29) is 5.02 Å². The van der Waals surface area contributed by atoms with Crippen LogP contribution in [0, 0.1) is 0 Å². The molecule has 9 heteroatoms. The molecule has 0 unspecified atom stereocenters. The Balaban J connectivity index is 2.53. The summed E-state index contributed by atoms with van der Waals surface area (Å²) in [4.78, 5) is 11.0. The van der Waals surface area contributed by atoms with Crippen molar-refractivity contribution >= 4 is 17.7 Å². The van der Waals surface area contributed by atoms with Crippen LogP contribution in [0.15, 0.2) is 18.2 Å². The molecule has 1 amide bonds. The van der Waals surface area contributed by atoms with E-state index in [0.29, 0.717) is 6.07 Å². The van der Waals surface area contributed by atoms with Gasteiger partial charge in [-0.15, -0.1) is 0 Å². The molecule has 0 saturated carbocycles. The normalized spacial score (nSPS) is 22.1. The highest BCUT2D eigenvalue weighted by Crippen LogP contribution is 2.42. The maximum absolute atomic E-state index is 13.7. The molecule has 20 heavy (non-hydrogen) atoms. The van der Waals surface area contributed by atoms with Crippen LogP contribution in [0.2, 0.25) is 5.02 Å². The number of halogens is 6. The van der Waals surface area contributed by atoms with E-state index in [1.54, 1.807) is 5.32 Å². The molecule has 1 aliphatic rings. The molecule has 3 nitrogen and oxygen atoms in total. The molecule has 110 valence electrons. The Labute approximate surface area is 114 Å². The molecule has 2 rings (SSSR count). The van der Waals surface area contributed by atoms with Crippen LogP contribution in [-0.4, -0.2) is 18.6 Å². The van der Waals surface area contributed by atoms with Crippen molar-refractivity contribution < 1.29 is 31.5 Å². The Kier molecular flexibility index (Phi) is 3.53. The first-order valence-corrected chi connectivity index (χ1v) is 5.67. The van der Waals surface area contributed by atoms with Crippen LogP contribution in [0.1, 0.15) is 17.2 Å². The number of benzene rings is 1. The van der Waals surface area contributed by atoms with Crippen molar-refractivity contribution in [1.82, 2.24) is 5.32 Å². The van der Waals surface area contributed by atoms with Gasteiger partial charge in [0, 0.05) is 5.02 Å². The minimum absolute atomic E-state index is 0.247. The van der Waals surface area contributed by atoms with Crippen molar-refractivity contribution in [1.29, 1.82) is 0 Å². The highest BCUT2D eigenvalue weighted by Gasteiger charge is 2.49. The van der Waals surface area contributed by atoms with E-state index < -0.39 is 42.0 Å². The second-order valence-electron chi connectivity index (χ2n) is 4.14. The Morgan fingerprint density at radius 2 is 2.00 bits per heavy atom. The van der Waals surface area contributed by atoms with Crippen LogP contribution in [0.4, 0.5) is 26.7 Å². The van der Waals surface area contributed by atoms with E-state index in [2.05, 4.69) is 4.74 Å². The molecule has 1 saturated heterocycles. The van der Waals surface area contributed by atoms with Crippen molar-refractivity contribution in [3.8, 4) is 0 Å². The Morgan fingerprint density at radius 3 is 2.60 bits per heavy atom. The third-order valence-electron chi connectivity index (χ3n) is 2.71. The summed E-state index contributed by atoms with van der Waals surface area (Å²) in [7, 11) is 0. The zero-order chi connectivity index (χ0) is 15.1. The zero-order valence-electron chi connectivity index (χ0n) is 9.60. The van der Waals surface area contributed by atoms with Crippen molar-refractivity contribution in [2.75, 3.05) is 6.61 Å². The number of nitrogens with one attached hydrogen (secondary N) is 1. The standard InChI is InChI=1S/C11H7ClF5NO2/c12-5-1-2-6(7(3-5)11(15,16)17)8-10(13,14)4-20-9(19)18-8/h1-3,8H,4H2,(H,18,19)/t8-/m0/s1. The van der Waals surface area contributed by atoms with Gasteiger partial charge in [0.1, 0.15) is 6.04 Å². The number of rotatable bonds is 1. The summed E-state index contributed by atoms with van der Waals surface area (Å²) in [6.45, 7) is -1.29. The second kappa shape index (κ2) is 4.76. The number of amides is 1. The summed E-state index contributed by atoms with van der Waals surface area (Å²) in [6, 6.07) is 0.269. The lowest BCUT2D eigenvalue weighted by Crippen LogP contribution is -2.50. The smallest absolute Gasteiger partial charge is 0.416 e.